The molecule has 2 saturated carbocycles. The Morgan fingerprint density at radius 2 is 2.00 bits per heavy atom. The van der Waals surface area contributed by atoms with Crippen LogP contribution in [0.2, 0.25) is 0 Å². The minimum Gasteiger partial charge on any atom is -0.351 e. The Bertz CT molecular complexity index is 248. The first kappa shape index (κ1) is 9.97. The van der Waals surface area contributed by atoms with Crippen molar-refractivity contribution in [2.45, 2.75) is 51.1 Å². The van der Waals surface area contributed by atoms with Crippen LogP contribution < -0.4 is 11.1 Å². The van der Waals surface area contributed by atoms with E-state index in [2.05, 4.69) is 19.2 Å². The van der Waals surface area contributed by atoms with E-state index in [0.717, 1.165) is 25.2 Å². The van der Waals surface area contributed by atoms with Gasteiger partial charge in [-0.1, -0.05) is 13.8 Å². The van der Waals surface area contributed by atoms with Crippen molar-refractivity contribution in [1.29, 1.82) is 0 Å². The topological polar surface area (TPSA) is 55.1 Å². The van der Waals surface area contributed by atoms with Gasteiger partial charge in [-0.15, -0.1) is 0 Å². The van der Waals surface area contributed by atoms with Gasteiger partial charge < -0.3 is 11.1 Å². The molecular formula is C11H20N2O. The first-order valence-corrected chi connectivity index (χ1v) is 5.63. The molecule has 3 unspecified atom stereocenters. The number of carbonyl (C=O) groups is 1. The lowest BCUT2D eigenvalue weighted by atomic mass is 9.97. The van der Waals surface area contributed by atoms with Crippen LogP contribution in [0.1, 0.15) is 39.5 Å². The molecule has 0 aliphatic heterocycles. The van der Waals surface area contributed by atoms with Crippen molar-refractivity contribution in [3.63, 3.8) is 0 Å². The number of amides is 1. The maximum absolute atomic E-state index is 11.7. The monoisotopic (exact) mass is 196 g/mol. The molecule has 2 aliphatic rings. The third-order valence-electron chi connectivity index (χ3n) is 4.02. The van der Waals surface area contributed by atoms with Gasteiger partial charge in [0.2, 0.25) is 5.91 Å². The van der Waals surface area contributed by atoms with Gasteiger partial charge in [-0.05, 0) is 37.5 Å². The van der Waals surface area contributed by atoms with E-state index in [4.69, 9.17) is 5.73 Å². The largest absolute Gasteiger partial charge is 0.351 e. The molecule has 0 saturated heterocycles. The summed E-state index contributed by atoms with van der Waals surface area (Å²) in [6, 6.07) is 0.360. The van der Waals surface area contributed by atoms with Gasteiger partial charge in [-0.25, -0.2) is 0 Å². The molecule has 14 heavy (non-hydrogen) atoms. The minimum atomic E-state index is -0.508. The molecule has 0 aromatic carbocycles. The van der Waals surface area contributed by atoms with Crippen molar-refractivity contribution in [2.24, 2.45) is 17.6 Å². The fourth-order valence-corrected chi connectivity index (χ4v) is 2.24. The summed E-state index contributed by atoms with van der Waals surface area (Å²) in [5.41, 5.74) is 5.33. The molecule has 3 nitrogen and oxygen atoms in total. The number of hydrogen-bond donors (Lipinski definition) is 2. The molecule has 3 N–H and O–H groups in total. The summed E-state index contributed by atoms with van der Waals surface area (Å²) in [7, 11) is 0. The van der Waals surface area contributed by atoms with E-state index in [1.165, 1.54) is 6.42 Å². The lowest BCUT2D eigenvalue weighted by Gasteiger charge is -2.21. The predicted octanol–water partition coefficient (Wildman–Crippen LogP) is 1.03. The molecule has 3 atom stereocenters. The third-order valence-corrected chi connectivity index (χ3v) is 4.02. The van der Waals surface area contributed by atoms with Crippen LogP contribution in [-0.4, -0.2) is 17.5 Å². The van der Waals surface area contributed by atoms with E-state index in [-0.39, 0.29) is 5.91 Å². The standard InChI is InChI=1S/C11H20N2O/c1-7-3-4-9(8(7)2)13-10(14)11(12)5-6-11/h7-9H,3-6,12H2,1-2H3,(H,13,14). The van der Waals surface area contributed by atoms with Crippen molar-refractivity contribution in [1.82, 2.24) is 5.32 Å². The van der Waals surface area contributed by atoms with Crippen LogP contribution in [0.5, 0.6) is 0 Å². The van der Waals surface area contributed by atoms with Gasteiger partial charge >= 0.3 is 0 Å². The van der Waals surface area contributed by atoms with Gasteiger partial charge in [-0.2, -0.15) is 0 Å². The van der Waals surface area contributed by atoms with Crippen LogP contribution in [0.3, 0.4) is 0 Å². The first-order chi connectivity index (χ1) is 6.53. The van der Waals surface area contributed by atoms with E-state index in [9.17, 15) is 4.79 Å². The molecule has 3 heteroatoms. The average Bonchev–Trinajstić information content (AvgIpc) is 2.83. The summed E-state index contributed by atoms with van der Waals surface area (Å²) >= 11 is 0. The van der Waals surface area contributed by atoms with Crippen LogP contribution in [0.25, 0.3) is 0 Å². The highest BCUT2D eigenvalue weighted by Gasteiger charge is 2.47. The Morgan fingerprint density at radius 3 is 2.43 bits per heavy atom. The SMILES string of the molecule is CC1CCC(NC(=O)C2(N)CC2)C1C. The molecule has 1 amide bonds. The summed E-state index contributed by atoms with van der Waals surface area (Å²) in [4.78, 5) is 11.7. The zero-order valence-corrected chi connectivity index (χ0v) is 9.05. The van der Waals surface area contributed by atoms with Crippen LogP contribution in [0, 0.1) is 11.8 Å². The van der Waals surface area contributed by atoms with Gasteiger partial charge in [0.25, 0.3) is 0 Å². The smallest absolute Gasteiger partial charge is 0.240 e. The maximum Gasteiger partial charge on any atom is 0.240 e. The van der Waals surface area contributed by atoms with Crippen LogP contribution >= 0.6 is 0 Å². The van der Waals surface area contributed by atoms with Crippen LogP contribution in [0.4, 0.5) is 0 Å². The van der Waals surface area contributed by atoms with E-state index < -0.39 is 5.54 Å². The molecule has 80 valence electrons. The Balaban J connectivity index is 1.89. The molecule has 0 spiro atoms. The summed E-state index contributed by atoms with van der Waals surface area (Å²) in [6.07, 6.45) is 4.05. The number of nitrogens with two attached hydrogens (primary N) is 1. The normalized spacial score (nSPS) is 39.5. The number of nitrogens with one attached hydrogen (secondary N) is 1. The minimum absolute atomic E-state index is 0.0726. The van der Waals surface area contributed by atoms with E-state index >= 15 is 0 Å². The quantitative estimate of drug-likeness (QED) is 0.693. The molecule has 2 aliphatic carbocycles. The second-order valence-electron chi connectivity index (χ2n) is 5.15. The fraction of sp³-hybridized carbons (Fsp3) is 0.909. The van der Waals surface area contributed by atoms with Gasteiger partial charge in [0, 0.05) is 6.04 Å². The zero-order chi connectivity index (χ0) is 10.3. The van der Waals surface area contributed by atoms with Gasteiger partial charge in [0.05, 0.1) is 5.54 Å². The number of carbonyl (C=O) groups excluding carboxylic acids is 1. The summed E-state index contributed by atoms with van der Waals surface area (Å²) in [5, 5.41) is 3.10. The van der Waals surface area contributed by atoms with E-state index in [0.29, 0.717) is 12.0 Å². The highest BCUT2D eigenvalue weighted by molar-refractivity contribution is 5.89. The van der Waals surface area contributed by atoms with Crippen molar-refractivity contribution >= 4 is 5.91 Å². The molecule has 0 aromatic heterocycles. The second-order valence-corrected chi connectivity index (χ2v) is 5.15. The molecule has 2 fully saturated rings. The zero-order valence-electron chi connectivity index (χ0n) is 9.05. The van der Waals surface area contributed by atoms with Crippen molar-refractivity contribution < 1.29 is 4.79 Å². The summed E-state index contributed by atoms with van der Waals surface area (Å²) in [6.45, 7) is 4.48. The van der Waals surface area contributed by atoms with E-state index in [1.807, 2.05) is 0 Å². The second kappa shape index (κ2) is 3.23. The Labute approximate surface area is 85.4 Å². The van der Waals surface area contributed by atoms with Gasteiger partial charge in [0.1, 0.15) is 0 Å². The highest BCUT2D eigenvalue weighted by atomic mass is 16.2. The lowest BCUT2D eigenvalue weighted by Crippen LogP contribution is -2.48. The molecule has 0 radical (unpaired) electrons. The van der Waals surface area contributed by atoms with Crippen LogP contribution in [0.15, 0.2) is 0 Å². The predicted molar refractivity (Wildman–Crippen MR) is 55.6 cm³/mol. The summed E-state index contributed by atoms with van der Waals surface area (Å²) < 4.78 is 0. The van der Waals surface area contributed by atoms with Gasteiger partial charge in [0.15, 0.2) is 0 Å². The van der Waals surface area contributed by atoms with Crippen molar-refractivity contribution in [3.8, 4) is 0 Å². The fourth-order valence-electron chi connectivity index (χ4n) is 2.24. The number of rotatable bonds is 2. The van der Waals surface area contributed by atoms with E-state index in [1.54, 1.807) is 0 Å². The molecule has 0 bridgehead atoms. The lowest BCUT2D eigenvalue weighted by molar-refractivity contribution is -0.124. The average molecular weight is 196 g/mol. The highest BCUT2D eigenvalue weighted by Crippen LogP contribution is 2.35. The molecule has 0 aromatic rings. The molecule has 2 rings (SSSR count). The van der Waals surface area contributed by atoms with Crippen LogP contribution in [-0.2, 0) is 4.79 Å². The molecular weight excluding hydrogens is 176 g/mol. The Morgan fingerprint density at radius 1 is 1.36 bits per heavy atom. The third kappa shape index (κ3) is 1.65. The Hall–Kier alpha value is -0.570. The first-order valence-electron chi connectivity index (χ1n) is 5.63. The Kier molecular flexibility index (Phi) is 2.30. The van der Waals surface area contributed by atoms with Crippen molar-refractivity contribution in [2.75, 3.05) is 0 Å². The van der Waals surface area contributed by atoms with Gasteiger partial charge in [-0.3, -0.25) is 4.79 Å². The summed E-state index contributed by atoms with van der Waals surface area (Å²) in [5.74, 6) is 1.40. The maximum atomic E-state index is 11.7. The molecule has 0 heterocycles. The number of hydrogen-bond acceptors (Lipinski definition) is 2. The van der Waals surface area contributed by atoms with Crippen molar-refractivity contribution in [3.05, 3.63) is 0 Å².